The number of hydrogen-bond donors (Lipinski definition) is 2. The molecule has 42 heavy (non-hydrogen) atoms. The molecule has 12 heteroatoms. The lowest BCUT2D eigenvalue weighted by Gasteiger charge is -2.14. The number of anilines is 1. The van der Waals surface area contributed by atoms with Gasteiger partial charge in [0.05, 0.1) is 35.4 Å². The SMILES string of the molecule is CCOC(=O)c1c(NC(=O)[C@H](C)Sc2nnc(CNC(=O)c3cccs3)n2Cc2ccccc2)sc2c1CCCCC2. The fourth-order valence-corrected chi connectivity index (χ4v) is 7.58. The van der Waals surface area contributed by atoms with Gasteiger partial charge >= 0.3 is 5.97 Å². The van der Waals surface area contributed by atoms with Crippen molar-refractivity contribution in [3.8, 4) is 0 Å². The summed E-state index contributed by atoms with van der Waals surface area (Å²) in [6, 6.07) is 13.5. The first-order valence-electron chi connectivity index (χ1n) is 14.0. The molecule has 3 aromatic heterocycles. The summed E-state index contributed by atoms with van der Waals surface area (Å²) in [7, 11) is 0. The molecule has 0 saturated carbocycles. The number of aryl methyl sites for hydroxylation is 1. The summed E-state index contributed by atoms with van der Waals surface area (Å²) in [4.78, 5) is 40.7. The highest BCUT2D eigenvalue weighted by molar-refractivity contribution is 8.00. The number of esters is 1. The topological polar surface area (TPSA) is 115 Å². The molecule has 0 unspecified atom stereocenters. The average Bonchev–Trinajstić information content (AvgIpc) is 3.69. The molecular formula is C30H33N5O4S3. The quantitative estimate of drug-likeness (QED) is 0.121. The van der Waals surface area contributed by atoms with Gasteiger partial charge in [-0.15, -0.1) is 32.9 Å². The highest BCUT2D eigenvalue weighted by Crippen LogP contribution is 2.38. The number of thioether (sulfide) groups is 1. The van der Waals surface area contributed by atoms with E-state index >= 15 is 0 Å². The van der Waals surface area contributed by atoms with Crippen molar-refractivity contribution in [1.29, 1.82) is 0 Å². The van der Waals surface area contributed by atoms with E-state index in [1.165, 1.54) is 34.4 Å². The summed E-state index contributed by atoms with van der Waals surface area (Å²) >= 11 is 4.15. The van der Waals surface area contributed by atoms with Crippen LogP contribution >= 0.6 is 34.4 Å². The molecule has 1 aliphatic carbocycles. The van der Waals surface area contributed by atoms with Gasteiger partial charge in [0.25, 0.3) is 5.91 Å². The van der Waals surface area contributed by atoms with Crippen molar-refractivity contribution < 1.29 is 19.1 Å². The Morgan fingerprint density at radius 3 is 2.64 bits per heavy atom. The molecule has 1 atom stereocenters. The molecular weight excluding hydrogens is 591 g/mol. The van der Waals surface area contributed by atoms with E-state index < -0.39 is 5.25 Å². The molecule has 5 rings (SSSR count). The minimum Gasteiger partial charge on any atom is -0.462 e. The van der Waals surface area contributed by atoms with Gasteiger partial charge in [-0.3, -0.25) is 9.59 Å². The molecule has 9 nitrogen and oxygen atoms in total. The van der Waals surface area contributed by atoms with E-state index in [9.17, 15) is 14.4 Å². The summed E-state index contributed by atoms with van der Waals surface area (Å²) in [6.07, 6.45) is 4.93. The summed E-state index contributed by atoms with van der Waals surface area (Å²) in [5, 5.41) is 17.1. The number of fused-ring (bicyclic) bond motifs is 1. The largest absolute Gasteiger partial charge is 0.462 e. The number of nitrogens with one attached hydrogen (secondary N) is 2. The van der Waals surface area contributed by atoms with Gasteiger partial charge in [-0.1, -0.05) is 54.6 Å². The van der Waals surface area contributed by atoms with E-state index in [4.69, 9.17) is 4.74 Å². The molecule has 0 spiro atoms. The van der Waals surface area contributed by atoms with E-state index in [2.05, 4.69) is 20.8 Å². The molecule has 1 aromatic carbocycles. The molecule has 0 aliphatic heterocycles. The van der Waals surface area contributed by atoms with Gasteiger partial charge in [0.2, 0.25) is 5.91 Å². The molecule has 2 N–H and O–H groups in total. The number of thiophene rings is 2. The van der Waals surface area contributed by atoms with Crippen molar-refractivity contribution in [1.82, 2.24) is 20.1 Å². The summed E-state index contributed by atoms with van der Waals surface area (Å²) in [5.74, 6) is -0.202. The third-order valence-electron chi connectivity index (χ3n) is 6.92. The monoisotopic (exact) mass is 623 g/mol. The molecule has 2 amide bonds. The summed E-state index contributed by atoms with van der Waals surface area (Å²) in [6.45, 7) is 4.55. The third kappa shape index (κ3) is 7.11. The van der Waals surface area contributed by atoms with Crippen LogP contribution in [0.2, 0.25) is 0 Å². The van der Waals surface area contributed by atoms with E-state index in [0.717, 1.165) is 48.1 Å². The van der Waals surface area contributed by atoms with Crippen LogP contribution in [0.25, 0.3) is 0 Å². The van der Waals surface area contributed by atoms with Gasteiger partial charge in [0, 0.05) is 4.88 Å². The van der Waals surface area contributed by atoms with Crippen molar-refractivity contribution in [2.45, 2.75) is 69.4 Å². The standard InChI is InChI=1S/C30H33N5O4S3/c1-3-39-29(38)25-21-13-8-5-9-14-22(21)42-28(25)32-26(36)19(2)41-30-34-33-24(17-31-27(37)23-15-10-16-40-23)35(30)18-20-11-6-4-7-12-20/h4,6-7,10-12,15-16,19H,3,5,8-9,13-14,17-18H2,1-2H3,(H,31,37)(H,32,36)/t19-/m0/s1. The Morgan fingerprint density at radius 2 is 1.88 bits per heavy atom. The van der Waals surface area contributed by atoms with Gasteiger partial charge in [-0.05, 0) is 62.1 Å². The first-order chi connectivity index (χ1) is 20.4. The van der Waals surface area contributed by atoms with Gasteiger partial charge in [-0.2, -0.15) is 0 Å². The molecule has 0 saturated heterocycles. The Morgan fingerprint density at radius 1 is 1.07 bits per heavy atom. The number of rotatable bonds is 11. The predicted octanol–water partition coefficient (Wildman–Crippen LogP) is 5.94. The van der Waals surface area contributed by atoms with E-state index in [1.54, 1.807) is 13.0 Å². The maximum atomic E-state index is 13.5. The second-order valence-corrected chi connectivity index (χ2v) is 13.2. The minimum atomic E-state index is -0.533. The van der Waals surface area contributed by atoms with Gasteiger partial charge in [0.1, 0.15) is 5.00 Å². The normalized spacial score (nSPS) is 13.6. The molecule has 4 aromatic rings. The van der Waals surface area contributed by atoms with Gasteiger partial charge in [-0.25, -0.2) is 4.79 Å². The van der Waals surface area contributed by atoms with Crippen LogP contribution in [0.4, 0.5) is 5.00 Å². The molecule has 3 heterocycles. The predicted molar refractivity (Wildman–Crippen MR) is 167 cm³/mol. The Kier molecular flexibility index (Phi) is 10.1. The second-order valence-electron chi connectivity index (χ2n) is 9.87. The van der Waals surface area contributed by atoms with E-state index in [1.807, 2.05) is 53.3 Å². The number of benzene rings is 1. The lowest BCUT2D eigenvalue weighted by Crippen LogP contribution is -2.25. The Labute approximate surface area is 257 Å². The molecule has 1 aliphatic rings. The van der Waals surface area contributed by atoms with Crippen molar-refractivity contribution in [2.75, 3.05) is 11.9 Å². The van der Waals surface area contributed by atoms with Crippen molar-refractivity contribution in [3.63, 3.8) is 0 Å². The highest BCUT2D eigenvalue weighted by atomic mass is 32.2. The Bertz CT molecular complexity index is 1530. The van der Waals surface area contributed by atoms with Crippen LogP contribution in [-0.4, -0.2) is 44.4 Å². The lowest BCUT2D eigenvalue weighted by molar-refractivity contribution is -0.115. The van der Waals surface area contributed by atoms with Crippen molar-refractivity contribution >= 4 is 57.2 Å². The molecule has 220 valence electrons. The number of carbonyl (C=O) groups is 3. The Hall–Kier alpha value is -3.48. The lowest BCUT2D eigenvalue weighted by atomic mass is 10.1. The molecule has 0 bridgehead atoms. The average molecular weight is 624 g/mol. The van der Waals surface area contributed by atoms with E-state index in [0.29, 0.717) is 33.0 Å². The number of hydrogen-bond acceptors (Lipinski definition) is 9. The first kappa shape index (κ1) is 30.0. The summed E-state index contributed by atoms with van der Waals surface area (Å²) in [5.41, 5.74) is 2.56. The smallest absolute Gasteiger partial charge is 0.341 e. The highest BCUT2D eigenvalue weighted by Gasteiger charge is 2.28. The number of aromatic nitrogens is 3. The third-order valence-corrected chi connectivity index (χ3v) is 10.1. The van der Waals surface area contributed by atoms with Gasteiger partial charge < -0.3 is 19.9 Å². The minimum absolute atomic E-state index is 0.173. The van der Waals surface area contributed by atoms with Crippen LogP contribution in [0.15, 0.2) is 53.0 Å². The maximum absolute atomic E-state index is 13.5. The molecule has 0 radical (unpaired) electrons. The van der Waals surface area contributed by atoms with Crippen LogP contribution < -0.4 is 10.6 Å². The maximum Gasteiger partial charge on any atom is 0.341 e. The number of amides is 2. The van der Waals surface area contributed by atoms with Crippen molar-refractivity contribution in [2.24, 2.45) is 0 Å². The zero-order valence-corrected chi connectivity index (χ0v) is 26.0. The molecule has 0 fully saturated rings. The number of nitrogens with zero attached hydrogens (tertiary/aromatic N) is 3. The second kappa shape index (κ2) is 14.1. The summed E-state index contributed by atoms with van der Waals surface area (Å²) < 4.78 is 7.30. The van der Waals surface area contributed by atoms with Crippen LogP contribution in [0, 0.1) is 0 Å². The number of ether oxygens (including phenoxy) is 1. The number of carbonyl (C=O) groups excluding carboxylic acids is 3. The van der Waals surface area contributed by atoms with Crippen LogP contribution in [0.5, 0.6) is 0 Å². The van der Waals surface area contributed by atoms with Crippen LogP contribution in [0.1, 0.15) is 75.0 Å². The fraction of sp³-hybridized carbons (Fsp3) is 0.367. The van der Waals surface area contributed by atoms with Crippen molar-refractivity contribution in [3.05, 3.63) is 80.1 Å². The fourth-order valence-electron chi connectivity index (χ4n) is 4.79. The van der Waals surface area contributed by atoms with Crippen LogP contribution in [0.3, 0.4) is 0 Å². The Balaban J connectivity index is 1.34. The zero-order valence-electron chi connectivity index (χ0n) is 23.6. The van der Waals surface area contributed by atoms with Crippen LogP contribution in [-0.2, 0) is 35.5 Å². The zero-order chi connectivity index (χ0) is 29.5. The van der Waals surface area contributed by atoms with Gasteiger partial charge in [0.15, 0.2) is 11.0 Å². The first-order valence-corrected chi connectivity index (χ1v) is 16.6. The van der Waals surface area contributed by atoms with E-state index in [-0.39, 0.29) is 30.9 Å².